The summed E-state index contributed by atoms with van der Waals surface area (Å²) in [6, 6.07) is 0. The van der Waals surface area contributed by atoms with E-state index in [2.05, 4.69) is 41.5 Å². The summed E-state index contributed by atoms with van der Waals surface area (Å²) in [6.45, 7) is 9.64. The highest BCUT2D eigenvalue weighted by molar-refractivity contribution is 7.47. The fourth-order valence-electron chi connectivity index (χ4n) is 12.9. The van der Waals surface area contributed by atoms with Crippen molar-refractivity contribution in [3.63, 3.8) is 0 Å². The van der Waals surface area contributed by atoms with Crippen LogP contribution in [0.15, 0.2) is 0 Å². The van der Waals surface area contributed by atoms with E-state index in [1.54, 1.807) is 0 Å². The molecule has 17 nitrogen and oxygen atoms in total. The Morgan fingerprint density at radius 3 is 0.745 bits per heavy atom. The fraction of sp³-hybridized carbons (Fsp3) is 0.952. The third-order valence-corrected chi connectivity index (χ3v) is 21.7. The molecule has 0 fully saturated rings. The van der Waals surface area contributed by atoms with Gasteiger partial charge in [0.2, 0.25) is 0 Å². The van der Waals surface area contributed by atoms with Crippen LogP contribution in [0.2, 0.25) is 0 Å². The molecule has 6 atom stereocenters. The Hall–Kier alpha value is -1.94. The molecule has 102 heavy (non-hydrogen) atoms. The lowest BCUT2D eigenvalue weighted by Crippen LogP contribution is -2.30. The third-order valence-electron chi connectivity index (χ3n) is 19.8. The molecule has 0 rings (SSSR count). The minimum absolute atomic E-state index is 0.106. The molecule has 0 radical (unpaired) electrons. The number of phosphoric acid groups is 2. The van der Waals surface area contributed by atoms with Crippen molar-refractivity contribution in [2.45, 2.75) is 458 Å². The second-order valence-electron chi connectivity index (χ2n) is 30.6. The number of hydrogen-bond donors (Lipinski definition) is 3. The SMILES string of the molecule is CCCCCCCCCCCCCCCCCCCCCCCCC(=O)O[C@H](COC(=O)CCCCCCCCCCCCCCCCC)COP(=O)(O)OC[C@@H](O)COP(=O)(O)OC[C@@H](COC(=O)CCCCCCCCCCC(C)CC)OC(=O)CCCCCCCCCCCCC(C)C. The fourth-order valence-corrected chi connectivity index (χ4v) is 14.4. The summed E-state index contributed by atoms with van der Waals surface area (Å²) < 4.78 is 68.8. The van der Waals surface area contributed by atoms with Crippen molar-refractivity contribution in [2.75, 3.05) is 39.6 Å². The molecule has 0 aliphatic heterocycles. The van der Waals surface area contributed by atoms with Gasteiger partial charge in [0.05, 0.1) is 26.4 Å². The zero-order valence-corrected chi connectivity index (χ0v) is 68.7. The van der Waals surface area contributed by atoms with Gasteiger partial charge in [-0.05, 0) is 37.5 Å². The van der Waals surface area contributed by atoms with E-state index in [9.17, 15) is 43.2 Å². The van der Waals surface area contributed by atoms with Crippen LogP contribution in [-0.2, 0) is 65.4 Å². The zero-order chi connectivity index (χ0) is 74.9. The average molecular weight is 1490 g/mol. The van der Waals surface area contributed by atoms with Crippen LogP contribution in [-0.4, -0.2) is 96.7 Å². The van der Waals surface area contributed by atoms with E-state index in [0.717, 1.165) is 102 Å². The number of ether oxygens (including phenoxy) is 4. The summed E-state index contributed by atoms with van der Waals surface area (Å²) in [6.07, 6.45) is 65.3. The second-order valence-corrected chi connectivity index (χ2v) is 33.5. The maximum Gasteiger partial charge on any atom is 0.472 e. The molecule has 0 aliphatic carbocycles. The van der Waals surface area contributed by atoms with Crippen molar-refractivity contribution < 1.29 is 80.2 Å². The van der Waals surface area contributed by atoms with Crippen LogP contribution in [0.4, 0.5) is 0 Å². The van der Waals surface area contributed by atoms with E-state index in [-0.39, 0.29) is 25.7 Å². The van der Waals surface area contributed by atoms with Crippen molar-refractivity contribution in [3.8, 4) is 0 Å². The molecule has 3 unspecified atom stereocenters. The number of rotatable bonds is 82. The predicted octanol–water partition coefficient (Wildman–Crippen LogP) is 25.1. The number of carbonyl (C=O) groups excluding carboxylic acids is 4. The molecule has 606 valence electrons. The van der Waals surface area contributed by atoms with Crippen LogP contribution in [0.25, 0.3) is 0 Å². The van der Waals surface area contributed by atoms with Gasteiger partial charge in [0.25, 0.3) is 0 Å². The molecular formula is C83H162O17P2. The molecule has 19 heteroatoms. The van der Waals surface area contributed by atoms with E-state index in [1.807, 2.05) is 0 Å². The Morgan fingerprint density at radius 2 is 0.500 bits per heavy atom. The predicted molar refractivity (Wildman–Crippen MR) is 418 cm³/mol. The smallest absolute Gasteiger partial charge is 0.462 e. The van der Waals surface area contributed by atoms with Gasteiger partial charge in [-0.15, -0.1) is 0 Å². The van der Waals surface area contributed by atoms with Gasteiger partial charge in [0, 0.05) is 25.7 Å². The minimum atomic E-state index is -4.96. The molecule has 0 spiro atoms. The van der Waals surface area contributed by atoms with Gasteiger partial charge in [-0.1, -0.05) is 388 Å². The molecule has 0 aromatic rings. The average Bonchev–Trinajstić information content (AvgIpc) is 0.909. The summed E-state index contributed by atoms with van der Waals surface area (Å²) in [7, 11) is -9.92. The minimum Gasteiger partial charge on any atom is -0.462 e. The molecular weight excluding hydrogens is 1330 g/mol. The normalized spacial score (nSPS) is 14.1. The van der Waals surface area contributed by atoms with Crippen molar-refractivity contribution in [1.29, 1.82) is 0 Å². The number of aliphatic hydroxyl groups is 1. The number of esters is 4. The topological polar surface area (TPSA) is 237 Å². The molecule has 0 aromatic heterocycles. The number of carbonyl (C=O) groups is 4. The third kappa shape index (κ3) is 74.9. The first kappa shape index (κ1) is 100. The summed E-state index contributed by atoms with van der Waals surface area (Å²) in [4.78, 5) is 73.1. The van der Waals surface area contributed by atoms with Crippen molar-refractivity contribution in [1.82, 2.24) is 0 Å². The molecule has 0 amide bonds. The lowest BCUT2D eigenvalue weighted by atomic mass is 9.99. The van der Waals surface area contributed by atoms with E-state index >= 15 is 0 Å². The van der Waals surface area contributed by atoms with Crippen LogP contribution in [0.1, 0.15) is 440 Å². The van der Waals surface area contributed by atoms with Crippen LogP contribution in [0, 0.1) is 11.8 Å². The van der Waals surface area contributed by atoms with Gasteiger partial charge in [0.1, 0.15) is 19.3 Å². The van der Waals surface area contributed by atoms with Crippen LogP contribution < -0.4 is 0 Å². The maximum absolute atomic E-state index is 13.1. The number of phosphoric ester groups is 2. The van der Waals surface area contributed by atoms with E-state index < -0.39 is 97.5 Å². The van der Waals surface area contributed by atoms with Crippen LogP contribution in [0.5, 0.6) is 0 Å². The van der Waals surface area contributed by atoms with E-state index in [1.165, 1.54) is 257 Å². The number of unbranched alkanes of at least 4 members (excludes halogenated alkanes) is 51. The molecule has 0 heterocycles. The highest BCUT2D eigenvalue weighted by atomic mass is 31.2. The second kappa shape index (κ2) is 74.5. The first-order valence-corrected chi connectivity index (χ1v) is 46.0. The first-order valence-electron chi connectivity index (χ1n) is 43.0. The molecule has 3 N–H and O–H groups in total. The summed E-state index contributed by atoms with van der Waals surface area (Å²) in [5.74, 6) is -0.578. The number of aliphatic hydroxyl groups excluding tert-OH is 1. The Bertz CT molecular complexity index is 1960. The molecule has 0 aliphatic rings. The molecule has 0 aromatic carbocycles. The Balaban J connectivity index is 5.23. The van der Waals surface area contributed by atoms with Gasteiger partial charge in [0.15, 0.2) is 12.2 Å². The zero-order valence-electron chi connectivity index (χ0n) is 66.9. The molecule has 0 saturated heterocycles. The summed E-state index contributed by atoms with van der Waals surface area (Å²) >= 11 is 0. The Labute approximate surface area is 626 Å². The van der Waals surface area contributed by atoms with Crippen molar-refractivity contribution in [2.24, 2.45) is 11.8 Å². The quantitative estimate of drug-likeness (QED) is 0.0222. The van der Waals surface area contributed by atoms with Crippen LogP contribution in [0.3, 0.4) is 0 Å². The molecule has 0 bridgehead atoms. The highest BCUT2D eigenvalue weighted by Crippen LogP contribution is 2.45. The lowest BCUT2D eigenvalue weighted by Gasteiger charge is -2.21. The monoisotopic (exact) mass is 1490 g/mol. The van der Waals surface area contributed by atoms with Gasteiger partial charge in [-0.25, -0.2) is 9.13 Å². The van der Waals surface area contributed by atoms with Gasteiger partial charge < -0.3 is 33.8 Å². The molecule has 0 saturated carbocycles. The number of hydrogen-bond acceptors (Lipinski definition) is 15. The van der Waals surface area contributed by atoms with E-state index in [4.69, 9.17) is 37.0 Å². The van der Waals surface area contributed by atoms with Gasteiger partial charge in [-0.2, -0.15) is 0 Å². The Morgan fingerprint density at radius 1 is 0.284 bits per heavy atom. The maximum atomic E-state index is 13.1. The van der Waals surface area contributed by atoms with Crippen molar-refractivity contribution >= 4 is 39.5 Å². The Kier molecular flexibility index (Phi) is 73.1. The van der Waals surface area contributed by atoms with E-state index in [0.29, 0.717) is 25.7 Å². The summed E-state index contributed by atoms with van der Waals surface area (Å²) in [5, 5.41) is 10.7. The van der Waals surface area contributed by atoms with Crippen LogP contribution >= 0.6 is 15.6 Å². The van der Waals surface area contributed by atoms with Crippen molar-refractivity contribution in [3.05, 3.63) is 0 Å². The standard InChI is InChI=1S/C83H162O17P2/c1-7-10-12-14-16-18-20-22-24-25-26-27-28-29-30-32-34-36-41-49-55-61-67-82(87)99-78(71-93-80(85)65-59-53-47-40-35-33-31-23-21-19-17-15-13-11-8-2)73-97-101(89,90)95-69-77(84)70-96-102(91,92)98-74-79(72-94-81(86)66-60-54-48-44-43-46-52-58-64-76(6)9-3)100-83(88)68-62-56-50-42-38-37-39-45-51-57-63-75(4)5/h75-79,84H,7-74H2,1-6H3,(H,89,90)(H,91,92)/t76?,77-,78-,79-/m1/s1. The van der Waals surface area contributed by atoms with Gasteiger partial charge >= 0.3 is 39.5 Å². The summed E-state index contributed by atoms with van der Waals surface area (Å²) in [5.41, 5.74) is 0. The largest absolute Gasteiger partial charge is 0.472 e. The first-order chi connectivity index (χ1) is 49.4. The lowest BCUT2D eigenvalue weighted by molar-refractivity contribution is -0.161. The van der Waals surface area contributed by atoms with Gasteiger partial charge in [-0.3, -0.25) is 37.3 Å². The highest BCUT2D eigenvalue weighted by Gasteiger charge is 2.30.